The molecule has 0 unspecified atom stereocenters. The number of hydrogen-bond donors (Lipinski definition) is 0. The summed E-state index contributed by atoms with van der Waals surface area (Å²) < 4.78 is 2.01. The van der Waals surface area contributed by atoms with Gasteiger partial charge in [-0.25, -0.2) is 4.98 Å². The molecule has 0 N–H and O–H groups in total. The molecular weight excluding hydrogens is 372 g/mol. The van der Waals surface area contributed by atoms with E-state index in [2.05, 4.69) is 70.5 Å². The van der Waals surface area contributed by atoms with Crippen LogP contribution < -0.4 is 4.90 Å². The number of carbonyl (C=O) groups is 1. The van der Waals surface area contributed by atoms with E-state index in [0.29, 0.717) is 13.1 Å². The minimum Gasteiger partial charge on any atom is -0.360 e. The third-order valence-corrected chi connectivity index (χ3v) is 5.73. The normalized spacial score (nSPS) is 14.5. The Morgan fingerprint density at radius 3 is 2.40 bits per heavy atom. The van der Waals surface area contributed by atoms with Gasteiger partial charge in [-0.15, -0.1) is 0 Å². The molecular formula is C25H24N4O. The van der Waals surface area contributed by atoms with Gasteiger partial charge in [-0.2, -0.15) is 0 Å². The molecule has 0 radical (unpaired) electrons. The summed E-state index contributed by atoms with van der Waals surface area (Å²) in [5.41, 5.74) is 4.32. The first kappa shape index (κ1) is 18.4. The molecule has 0 saturated carbocycles. The van der Waals surface area contributed by atoms with E-state index in [-0.39, 0.29) is 5.91 Å². The van der Waals surface area contributed by atoms with Crippen molar-refractivity contribution in [1.82, 2.24) is 14.5 Å². The fraction of sp³-hybridized carbons (Fsp3) is 0.200. The first-order valence-corrected chi connectivity index (χ1v) is 10.3. The molecule has 5 nitrogen and oxygen atoms in total. The Balaban J connectivity index is 1.25. The summed E-state index contributed by atoms with van der Waals surface area (Å²) in [7, 11) is 0. The van der Waals surface area contributed by atoms with Crippen LogP contribution in [0.5, 0.6) is 0 Å². The highest BCUT2D eigenvalue weighted by atomic mass is 16.2. The molecule has 4 aromatic rings. The van der Waals surface area contributed by atoms with Gasteiger partial charge >= 0.3 is 0 Å². The van der Waals surface area contributed by atoms with Crippen molar-refractivity contribution in [2.75, 3.05) is 24.5 Å². The Morgan fingerprint density at radius 2 is 1.67 bits per heavy atom. The molecule has 1 saturated heterocycles. The Labute approximate surface area is 176 Å². The van der Waals surface area contributed by atoms with E-state index in [1.54, 1.807) is 0 Å². The molecule has 3 aromatic carbocycles. The standard InChI is InChI=1S/C25H24N4O/c1-19-15-29(18-26-19)24-10-8-23(9-11-24)27-12-13-28(25(30)17-27)16-20-6-7-21-4-2-3-5-22(21)14-20/h2-11,14-15,18H,12-13,16-17H2,1H3. The number of anilines is 1. The van der Waals surface area contributed by atoms with E-state index >= 15 is 0 Å². The topological polar surface area (TPSA) is 41.4 Å². The maximum Gasteiger partial charge on any atom is 0.242 e. The monoisotopic (exact) mass is 396 g/mol. The minimum atomic E-state index is 0.170. The predicted octanol–water partition coefficient (Wildman–Crippen LogP) is 4.18. The van der Waals surface area contributed by atoms with Crippen molar-refractivity contribution in [2.24, 2.45) is 0 Å². The molecule has 1 aliphatic rings. The summed E-state index contributed by atoms with van der Waals surface area (Å²) in [5, 5.41) is 2.45. The lowest BCUT2D eigenvalue weighted by Gasteiger charge is -2.35. The van der Waals surface area contributed by atoms with Crippen LogP contribution in [0.25, 0.3) is 16.5 Å². The van der Waals surface area contributed by atoms with Gasteiger partial charge in [0.05, 0.1) is 18.6 Å². The van der Waals surface area contributed by atoms with Gasteiger partial charge in [0.2, 0.25) is 5.91 Å². The van der Waals surface area contributed by atoms with Crippen LogP contribution in [0.4, 0.5) is 5.69 Å². The highest BCUT2D eigenvalue weighted by molar-refractivity contribution is 5.84. The van der Waals surface area contributed by atoms with Gasteiger partial charge in [-0.3, -0.25) is 4.79 Å². The van der Waals surface area contributed by atoms with Crippen molar-refractivity contribution in [2.45, 2.75) is 13.5 Å². The van der Waals surface area contributed by atoms with Crippen LogP contribution in [-0.2, 0) is 11.3 Å². The SMILES string of the molecule is Cc1cn(-c2ccc(N3CCN(Cc4ccc5ccccc5c4)C(=O)C3)cc2)cn1. The third-order valence-electron chi connectivity index (χ3n) is 5.73. The van der Waals surface area contributed by atoms with Gasteiger partial charge in [0, 0.05) is 37.2 Å². The largest absolute Gasteiger partial charge is 0.360 e. The zero-order valence-electron chi connectivity index (χ0n) is 17.0. The number of aromatic nitrogens is 2. The Kier molecular flexibility index (Phi) is 4.71. The lowest BCUT2D eigenvalue weighted by molar-refractivity contribution is -0.131. The van der Waals surface area contributed by atoms with Gasteiger partial charge in [0.25, 0.3) is 0 Å². The van der Waals surface area contributed by atoms with Crippen molar-refractivity contribution in [1.29, 1.82) is 0 Å². The maximum absolute atomic E-state index is 12.8. The zero-order valence-corrected chi connectivity index (χ0v) is 17.0. The number of aryl methyl sites for hydroxylation is 1. The molecule has 0 aliphatic carbocycles. The van der Waals surface area contributed by atoms with Crippen molar-refractivity contribution in [3.63, 3.8) is 0 Å². The number of carbonyl (C=O) groups excluding carboxylic acids is 1. The first-order valence-electron chi connectivity index (χ1n) is 10.3. The van der Waals surface area contributed by atoms with Crippen LogP contribution in [0.2, 0.25) is 0 Å². The summed E-state index contributed by atoms with van der Waals surface area (Å²) >= 11 is 0. The summed E-state index contributed by atoms with van der Waals surface area (Å²) in [6, 6.07) is 23.1. The average molecular weight is 396 g/mol. The second-order valence-electron chi connectivity index (χ2n) is 7.86. The fourth-order valence-corrected chi connectivity index (χ4v) is 4.05. The van der Waals surface area contributed by atoms with Crippen molar-refractivity contribution >= 4 is 22.4 Å². The van der Waals surface area contributed by atoms with Crippen LogP contribution in [0.15, 0.2) is 79.3 Å². The van der Waals surface area contributed by atoms with Crippen LogP contribution >= 0.6 is 0 Å². The number of nitrogens with zero attached hydrogens (tertiary/aromatic N) is 4. The highest BCUT2D eigenvalue weighted by Crippen LogP contribution is 2.22. The molecule has 150 valence electrons. The maximum atomic E-state index is 12.8. The molecule has 1 aliphatic heterocycles. The molecule has 1 aromatic heterocycles. The third kappa shape index (κ3) is 3.66. The lowest BCUT2D eigenvalue weighted by atomic mass is 10.1. The second kappa shape index (κ2) is 7.67. The van der Waals surface area contributed by atoms with Crippen LogP contribution in [0.1, 0.15) is 11.3 Å². The number of amides is 1. The van der Waals surface area contributed by atoms with Gasteiger partial charge in [-0.1, -0.05) is 36.4 Å². The Hall–Kier alpha value is -3.60. The van der Waals surface area contributed by atoms with E-state index in [1.807, 2.05) is 35.0 Å². The molecule has 1 fully saturated rings. The summed E-state index contributed by atoms with van der Waals surface area (Å²) in [6.07, 6.45) is 3.82. The molecule has 0 bridgehead atoms. The van der Waals surface area contributed by atoms with Crippen molar-refractivity contribution < 1.29 is 4.79 Å². The van der Waals surface area contributed by atoms with Crippen LogP contribution in [0, 0.1) is 6.92 Å². The van der Waals surface area contributed by atoms with E-state index in [1.165, 1.54) is 16.3 Å². The quantitative estimate of drug-likeness (QED) is 0.520. The van der Waals surface area contributed by atoms with E-state index in [4.69, 9.17) is 0 Å². The van der Waals surface area contributed by atoms with Crippen molar-refractivity contribution in [3.05, 3.63) is 90.5 Å². The zero-order chi connectivity index (χ0) is 20.5. The highest BCUT2D eigenvalue weighted by Gasteiger charge is 2.24. The van der Waals surface area contributed by atoms with Crippen LogP contribution in [0.3, 0.4) is 0 Å². The average Bonchev–Trinajstić information content (AvgIpc) is 3.21. The molecule has 5 rings (SSSR count). The van der Waals surface area contributed by atoms with Gasteiger partial charge in [0.1, 0.15) is 0 Å². The number of hydrogen-bond acceptors (Lipinski definition) is 3. The Morgan fingerprint density at radius 1 is 0.900 bits per heavy atom. The van der Waals surface area contributed by atoms with E-state index in [9.17, 15) is 4.79 Å². The van der Waals surface area contributed by atoms with E-state index < -0.39 is 0 Å². The Bertz CT molecular complexity index is 1200. The number of imidazole rings is 1. The molecule has 1 amide bonds. The smallest absolute Gasteiger partial charge is 0.242 e. The van der Waals surface area contributed by atoms with Crippen molar-refractivity contribution in [3.8, 4) is 5.69 Å². The second-order valence-corrected chi connectivity index (χ2v) is 7.86. The molecule has 5 heteroatoms. The lowest BCUT2D eigenvalue weighted by Crippen LogP contribution is -2.50. The first-order chi connectivity index (χ1) is 14.7. The molecule has 30 heavy (non-hydrogen) atoms. The van der Waals surface area contributed by atoms with Gasteiger partial charge in [0.15, 0.2) is 0 Å². The fourth-order valence-electron chi connectivity index (χ4n) is 4.05. The number of rotatable bonds is 4. The number of piperazine rings is 1. The van der Waals surface area contributed by atoms with Crippen LogP contribution in [-0.4, -0.2) is 40.0 Å². The summed E-state index contributed by atoms with van der Waals surface area (Å²) in [4.78, 5) is 21.2. The van der Waals surface area contributed by atoms with E-state index in [0.717, 1.165) is 30.2 Å². The minimum absolute atomic E-state index is 0.170. The van der Waals surface area contributed by atoms with Gasteiger partial charge < -0.3 is 14.4 Å². The van der Waals surface area contributed by atoms with Gasteiger partial charge in [-0.05, 0) is 53.6 Å². The number of benzene rings is 3. The summed E-state index contributed by atoms with van der Waals surface area (Å²) in [6.45, 7) is 4.62. The number of fused-ring (bicyclic) bond motifs is 1. The molecule has 0 atom stereocenters. The molecule has 0 spiro atoms. The predicted molar refractivity (Wildman–Crippen MR) is 120 cm³/mol. The molecule has 2 heterocycles. The summed E-state index contributed by atoms with van der Waals surface area (Å²) in [5.74, 6) is 0.170.